The number of benzene rings is 1. The standard InChI is InChI=1S/C13H14N2O3S/c1-15(19(17,18)10-8-14)11-13-6-3-2-5-12(13)7-4-9-16/h2-3,5-6,16H,9-11H2,1H3. The summed E-state index contributed by atoms with van der Waals surface area (Å²) in [5.74, 6) is 4.74. The molecule has 0 aliphatic carbocycles. The van der Waals surface area contributed by atoms with Crippen molar-refractivity contribution in [3.05, 3.63) is 35.4 Å². The fourth-order valence-corrected chi connectivity index (χ4v) is 2.16. The molecule has 6 heteroatoms. The predicted octanol–water partition coefficient (Wildman–Crippen LogP) is 0.316. The molecule has 5 nitrogen and oxygen atoms in total. The number of aliphatic hydroxyl groups is 1. The number of hydrogen-bond acceptors (Lipinski definition) is 4. The smallest absolute Gasteiger partial charge is 0.227 e. The lowest BCUT2D eigenvalue weighted by molar-refractivity contribution is 0.350. The topological polar surface area (TPSA) is 81.4 Å². The molecule has 100 valence electrons. The molecule has 0 heterocycles. The maximum atomic E-state index is 11.7. The number of rotatable bonds is 4. The van der Waals surface area contributed by atoms with E-state index in [1.807, 2.05) is 0 Å². The van der Waals surface area contributed by atoms with Gasteiger partial charge in [-0.25, -0.2) is 8.42 Å². The average molecular weight is 278 g/mol. The number of nitriles is 1. The maximum Gasteiger partial charge on any atom is 0.227 e. The molecular formula is C13H14N2O3S. The van der Waals surface area contributed by atoms with Crippen LogP contribution in [0.25, 0.3) is 0 Å². The molecule has 0 amide bonds. The van der Waals surface area contributed by atoms with Crippen molar-refractivity contribution in [2.24, 2.45) is 0 Å². The molecule has 1 aromatic carbocycles. The Bertz CT molecular complexity index is 636. The monoisotopic (exact) mass is 278 g/mol. The zero-order valence-electron chi connectivity index (χ0n) is 10.5. The highest BCUT2D eigenvalue weighted by molar-refractivity contribution is 7.89. The zero-order valence-corrected chi connectivity index (χ0v) is 11.3. The van der Waals surface area contributed by atoms with E-state index in [1.54, 1.807) is 30.3 Å². The largest absolute Gasteiger partial charge is 0.384 e. The molecule has 0 saturated carbocycles. The Morgan fingerprint density at radius 1 is 1.37 bits per heavy atom. The summed E-state index contributed by atoms with van der Waals surface area (Å²) in [5.41, 5.74) is 1.39. The van der Waals surface area contributed by atoms with Crippen molar-refractivity contribution in [1.29, 1.82) is 5.26 Å². The summed E-state index contributed by atoms with van der Waals surface area (Å²) in [6.45, 7) is -0.114. The van der Waals surface area contributed by atoms with Gasteiger partial charge in [-0.15, -0.1) is 0 Å². The molecule has 0 bridgehead atoms. The van der Waals surface area contributed by atoms with Gasteiger partial charge in [-0.1, -0.05) is 30.0 Å². The quantitative estimate of drug-likeness (QED) is 0.804. The highest BCUT2D eigenvalue weighted by atomic mass is 32.2. The predicted molar refractivity (Wildman–Crippen MR) is 71.3 cm³/mol. The SMILES string of the molecule is CN(Cc1ccccc1C#CCO)S(=O)(=O)CC#N. The Balaban J connectivity index is 2.98. The molecule has 0 radical (unpaired) electrons. The lowest BCUT2D eigenvalue weighted by Gasteiger charge is -2.16. The summed E-state index contributed by atoms with van der Waals surface area (Å²) in [7, 11) is -2.15. The summed E-state index contributed by atoms with van der Waals surface area (Å²) >= 11 is 0. The maximum absolute atomic E-state index is 11.7. The van der Waals surface area contributed by atoms with E-state index < -0.39 is 15.8 Å². The van der Waals surface area contributed by atoms with Gasteiger partial charge in [0.1, 0.15) is 6.61 Å². The van der Waals surface area contributed by atoms with Gasteiger partial charge < -0.3 is 5.11 Å². The average Bonchev–Trinajstić information content (AvgIpc) is 2.37. The van der Waals surface area contributed by atoms with E-state index in [9.17, 15) is 8.42 Å². The molecule has 1 N–H and O–H groups in total. The van der Waals surface area contributed by atoms with Crippen LogP contribution in [0.15, 0.2) is 24.3 Å². The van der Waals surface area contributed by atoms with Crippen LogP contribution < -0.4 is 0 Å². The van der Waals surface area contributed by atoms with Crippen LogP contribution in [0.4, 0.5) is 0 Å². The summed E-state index contributed by atoms with van der Waals surface area (Å²) in [4.78, 5) is 0. The van der Waals surface area contributed by atoms with Gasteiger partial charge in [0.25, 0.3) is 0 Å². The van der Waals surface area contributed by atoms with Crippen LogP contribution in [-0.4, -0.2) is 37.2 Å². The molecule has 1 aromatic rings. The van der Waals surface area contributed by atoms with Gasteiger partial charge in [0.2, 0.25) is 10.0 Å². The summed E-state index contributed by atoms with van der Waals surface area (Å²) in [5, 5.41) is 17.2. The molecular weight excluding hydrogens is 264 g/mol. The van der Waals surface area contributed by atoms with Gasteiger partial charge in [0.15, 0.2) is 5.75 Å². The van der Waals surface area contributed by atoms with Gasteiger partial charge in [0, 0.05) is 19.2 Å². The van der Waals surface area contributed by atoms with Crippen LogP contribution in [0, 0.1) is 23.2 Å². The van der Waals surface area contributed by atoms with Crippen molar-refractivity contribution in [2.45, 2.75) is 6.54 Å². The Hall–Kier alpha value is -1.86. The number of aliphatic hydroxyl groups excluding tert-OH is 1. The first-order chi connectivity index (χ1) is 9.01. The highest BCUT2D eigenvalue weighted by Crippen LogP contribution is 2.12. The fraction of sp³-hybridized carbons (Fsp3) is 0.308. The van der Waals surface area contributed by atoms with Gasteiger partial charge in [0.05, 0.1) is 6.07 Å². The molecule has 0 aliphatic rings. The highest BCUT2D eigenvalue weighted by Gasteiger charge is 2.18. The Morgan fingerprint density at radius 3 is 2.68 bits per heavy atom. The van der Waals surface area contributed by atoms with E-state index in [0.29, 0.717) is 5.56 Å². The van der Waals surface area contributed by atoms with Crippen molar-refractivity contribution < 1.29 is 13.5 Å². The third-order valence-electron chi connectivity index (χ3n) is 2.43. The van der Waals surface area contributed by atoms with Crippen LogP contribution in [-0.2, 0) is 16.6 Å². The Labute approximate surface area is 113 Å². The van der Waals surface area contributed by atoms with Gasteiger partial charge in [-0.3, -0.25) is 0 Å². The third kappa shape index (κ3) is 4.38. The van der Waals surface area contributed by atoms with Crippen LogP contribution >= 0.6 is 0 Å². The lowest BCUT2D eigenvalue weighted by atomic mass is 10.1. The van der Waals surface area contributed by atoms with E-state index in [-0.39, 0.29) is 13.2 Å². The molecule has 0 fully saturated rings. The second-order valence-corrected chi connectivity index (χ2v) is 5.86. The molecule has 1 rings (SSSR count). The van der Waals surface area contributed by atoms with Crippen LogP contribution in [0.2, 0.25) is 0 Å². The second kappa shape index (κ2) is 6.91. The van der Waals surface area contributed by atoms with Gasteiger partial charge >= 0.3 is 0 Å². The van der Waals surface area contributed by atoms with E-state index >= 15 is 0 Å². The van der Waals surface area contributed by atoms with Crippen molar-refractivity contribution in [3.63, 3.8) is 0 Å². The molecule has 0 spiro atoms. The van der Waals surface area contributed by atoms with Gasteiger partial charge in [-0.05, 0) is 11.6 Å². The van der Waals surface area contributed by atoms with E-state index in [1.165, 1.54) is 7.05 Å². The fourth-order valence-electron chi connectivity index (χ4n) is 1.44. The van der Waals surface area contributed by atoms with E-state index in [4.69, 9.17) is 10.4 Å². The normalized spacial score (nSPS) is 10.6. The van der Waals surface area contributed by atoms with Crippen molar-refractivity contribution >= 4 is 10.0 Å². The first kappa shape index (κ1) is 15.2. The summed E-state index contributed by atoms with van der Waals surface area (Å²) < 4.78 is 24.5. The summed E-state index contributed by atoms with van der Waals surface area (Å²) in [6, 6.07) is 8.72. The Morgan fingerprint density at radius 2 is 2.05 bits per heavy atom. The molecule has 0 saturated heterocycles. The van der Waals surface area contributed by atoms with Gasteiger partial charge in [-0.2, -0.15) is 9.57 Å². The Kier molecular flexibility index (Phi) is 5.53. The van der Waals surface area contributed by atoms with Crippen LogP contribution in [0.3, 0.4) is 0 Å². The second-order valence-electron chi connectivity index (χ2n) is 3.79. The van der Waals surface area contributed by atoms with E-state index in [0.717, 1.165) is 9.87 Å². The van der Waals surface area contributed by atoms with Crippen molar-refractivity contribution in [1.82, 2.24) is 4.31 Å². The van der Waals surface area contributed by atoms with Crippen molar-refractivity contribution in [2.75, 3.05) is 19.4 Å². The van der Waals surface area contributed by atoms with E-state index in [2.05, 4.69) is 11.8 Å². The number of nitrogens with zero attached hydrogens (tertiary/aromatic N) is 2. The molecule has 0 unspecified atom stereocenters. The first-order valence-electron chi connectivity index (χ1n) is 5.50. The van der Waals surface area contributed by atoms with Crippen LogP contribution in [0.5, 0.6) is 0 Å². The summed E-state index contributed by atoms with van der Waals surface area (Å²) in [6.07, 6.45) is 0. The lowest BCUT2D eigenvalue weighted by Crippen LogP contribution is -2.28. The zero-order chi connectivity index (χ0) is 14.3. The molecule has 19 heavy (non-hydrogen) atoms. The first-order valence-corrected chi connectivity index (χ1v) is 7.11. The minimum atomic E-state index is -3.57. The van der Waals surface area contributed by atoms with Crippen molar-refractivity contribution in [3.8, 4) is 17.9 Å². The molecule has 0 atom stereocenters. The molecule has 0 aromatic heterocycles. The van der Waals surface area contributed by atoms with Crippen LogP contribution in [0.1, 0.15) is 11.1 Å². The third-order valence-corrected chi connectivity index (χ3v) is 4.01. The number of hydrogen-bond donors (Lipinski definition) is 1. The molecule has 0 aliphatic heterocycles. The number of sulfonamides is 1. The minimum Gasteiger partial charge on any atom is -0.384 e. The minimum absolute atomic E-state index is 0.139.